The molecule has 0 bridgehead atoms. The van der Waals surface area contributed by atoms with E-state index in [-0.39, 0.29) is 5.76 Å². The van der Waals surface area contributed by atoms with Crippen molar-refractivity contribution in [2.45, 2.75) is 6.92 Å². The smallest absolute Gasteiger partial charge is 0.373 e. The molecule has 2 aromatic carbocycles. The third kappa shape index (κ3) is 3.26. The molecule has 2 aromatic rings. The SMILES string of the molecule is C/C=C(\Oc1ccc(-c2ccccc2)cc1)C(=O)OC. The molecule has 0 atom stereocenters. The van der Waals surface area contributed by atoms with Gasteiger partial charge in [-0.1, -0.05) is 42.5 Å². The number of hydrogen-bond acceptors (Lipinski definition) is 3. The average Bonchev–Trinajstić information content (AvgIpc) is 2.53. The minimum atomic E-state index is -0.486. The van der Waals surface area contributed by atoms with Crippen LogP contribution in [0.4, 0.5) is 0 Å². The Labute approximate surface area is 118 Å². The highest BCUT2D eigenvalue weighted by Crippen LogP contribution is 2.23. The minimum Gasteiger partial charge on any atom is -0.463 e. The number of rotatable bonds is 4. The molecule has 20 heavy (non-hydrogen) atoms. The quantitative estimate of drug-likeness (QED) is 0.480. The lowest BCUT2D eigenvalue weighted by Crippen LogP contribution is -2.10. The number of methoxy groups -OCH3 is 1. The Kier molecular flexibility index (Phi) is 4.56. The molecule has 0 heterocycles. The second-order valence-corrected chi connectivity index (χ2v) is 4.14. The van der Waals surface area contributed by atoms with Gasteiger partial charge in [-0.15, -0.1) is 0 Å². The standard InChI is InChI=1S/C17H16O3/c1-3-16(17(18)19-2)20-15-11-9-14(10-12-15)13-7-5-4-6-8-13/h3-12H,1-2H3/b16-3-. The fraction of sp³-hybridized carbons (Fsp3) is 0.118. The first-order valence-electron chi connectivity index (χ1n) is 6.32. The molecular weight excluding hydrogens is 252 g/mol. The lowest BCUT2D eigenvalue weighted by atomic mass is 10.1. The first kappa shape index (κ1) is 13.9. The second-order valence-electron chi connectivity index (χ2n) is 4.14. The van der Waals surface area contributed by atoms with Gasteiger partial charge in [0.25, 0.3) is 0 Å². The van der Waals surface area contributed by atoms with Crippen LogP contribution in [0.25, 0.3) is 11.1 Å². The monoisotopic (exact) mass is 268 g/mol. The topological polar surface area (TPSA) is 35.5 Å². The number of hydrogen-bond donors (Lipinski definition) is 0. The zero-order chi connectivity index (χ0) is 14.4. The van der Waals surface area contributed by atoms with Crippen LogP contribution in [0.2, 0.25) is 0 Å². The lowest BCUT2D eigenvalue weighted by molar-refractivity contribution is -0.138. The Morgan fingerprint density at radius 1 is 0.950 bits per heavy atom. The number of carbonyl (C=O) groups excluding carboxylic acids is 1. The van der Waals surface area contributed by atoms with Gasteiger partial charge in [0.1, 0.15) is 5.75 Å². The molecule has 0 saturated carbocycles. The van der Waals surface area contributed by atoms with E-state index >= 15 is 0 Å². The Morgan fingerprint density at radius 2 is 1.55 bits per heavy atom. The number of benzene rings is 2. The highest BCUT2D eigenvalue weighted by molar-refractivity contribution is 5.86. The molecule has 0 radical (unpaired) electrons. The molecule has 0 N–H and O–H groups in total. The summed E-state index contributed by atoms with van der Waals surface area (Å²) < 4.78 is 10.1. The van der Waals surface area contributed by atoms with Crippen molar-refractivity contribution in [3.63, 3.8) is 0 Å². The van der Waals surface area contributed by atoms with Gasteiger partial charge in [-0.2, -0.15) is 0 Å². The summed E-state index contributed by atoms with van der Waals surface area (Å²) in [5.74, 6) is 0.294. The molecule has 0 spiro atoms. The Bertz CT molecular complexity index is 598. The third-order valence-electron chi connectivity index (χ3n) is 2.84. The molecule has 0 saturated heterocycles. The predicted octanol–water partition coefficient (Wildman–Crippen LogP) is 3.81. The van der Waals surface area contributed by atoms with Gasteiger partial charge >= 0.3 is 5.97 Å². The van der Waals surface area contributed by atoms with Gasteiger partial charge in [-0.3, -0.25) is 0 Å². The van der Waals surface area contributed by atoms with E-state index < -0.39 is 5.97 Å². The van der Waals surface area contributed by atoms with E-state index in [9.17, 15) is 4.79 Å². The summed E-state index contributed by atoms with van der Waals surface area (Å²) in [6, 6.07) is 17.6. The summed E-state index contributed by atoms with van der Waals surface area (Å²) >= 11 is 0. The summed E-state index contributed by atoms with van der Waals surface area (Å²) in [6.45, 7) is 1.73. The van der Waals surface area contributed by atoms with Gasteiger partial charge in [0.2, 0.25) is 5.76 Å². The summed E-state index contributed by atoms with van der Waals surface area (Å²) in [5, 5.41) is 0. The van der Waals surface area contributed by atoms with E-state index in [4.69, 9.17) is 4.74 Å². The van der Waals surface area contributed by atoms with Gasteiger partial charge < -0.3 is 9.47 Å². The zero-order valence-corrected chi connectivity index (χ0v) is 11.5. The van der Waals surface area contributed by atoms with E-state index in [1.807, 2.05) is 54.6 Å². The summed E-state index contributed by atoms with van der Waals surface area (Å²) in [5.41, 5.74) is 2.23. The van der Waals surface area contributed by atoms with Gasteiger partial charge in [0.15, 0.2) is 0 Å². The van der Waals surface area contributed by atoms with Crippen molar-refractivity contribution in [1.29, 1.82) is 0 Å². The van der Waals surface area contributed by atoms with Crippen LogP contribution in [-0.2, 0) is 9.53 Å². The first-order chi connectivity index (χ1) is 9.74. The number of esters is 1. The molecule has 0 aliphatic carbocycles. The van der Waals surface area contributed by atoms with Crippen molar-refractivity contribution in [3.05, 3.63) is 66.4 Å². The first-order valence-corrected chi connectivity index (χ1v) is 6.32. The molecular formula is C17H16O3. The summed E-state index contributed by atoms with van der Waals surface area (Å²) in [4.78, 5) is 11.4. The number of ether oxygens (including phenoxy) is 2. The van der Waals surface area contributed by atoms with Crippen molar-refractivity contribution in [2.75, 3.05) is 7.11 Å². The van der Waals surface area contributed by atoms with Gasteiger partial charge in [0, 0.05) is 0 Å². The van der Waals surface area contributed by atoms with Crippen molar-refractivity contribution in [2.24, 2.45) is 0 Å². The van der Waals surface area contributed by atoms with Crippen LogP contribution in [0.15, 0.2) is 66.4 Å². The minimum absolute atomic E-state index is 0.181. The zero-order valence-electron chi connectivity index (χ0n) is 11.5. The second kappa shape index (κ2) is 6.57. The normalized spacial score (nSPS) is 11.0. The molecule has 0 aromatic heterocycles. The van der Waals surface area contributed by atoms with E-state index in [0.717, 1.165) is 11.1 Å². The number of allylic oxidation sites excluding steroid dienone is 1. The molecule has 0 aliphatic heterocycles. The van der Waals surface area contributed by atoms with Crippen molar-refractivity contribution >= 4 is 5.97 Å². The third-order valence-corrected chi connectivity index (χ3v) is 2.84. The van der Waals surface area contributed by atoms with Crippen LogP contribution in [0.1, 0.15) is 6.92 Å². The molecule has 0 fully saturated rings. The Balaban J connectivity index is 2.15. The summed E-state index contributed by atoms with van der Waals surface area (Å²) in [6.07, 6.45) is 1.58. The fourth-order valence-corrected chi connectivity index (χ4v) is 1.79. The van der Waals surface area contributed by atoms with Crippen molar-refractivity contribution in [3.8, 4) is 16.9 Å². The van der Waals surface area contributed by atoms with Crippen LogP contribution in [0.3, 0.4) is 0 Å². The molecule has 102 valence electrons. The Hall–Kier alpha value is -2.55. The molecule has 3 nitrogen and oxygen atoms in total. The lowest BCUT2D eigenvalue weighted by Gasteiger charge is -2.08. The van der Waals surface area contributed by atoms with E-state index in [1.165, 1.54) is 7.11 Å². The molecule has 0 amide bonds. The van der Waals surface area contributed by atoms with E-state index in [2.05, 4.69) is 4.74 Å². The van der Waals surface area contributed by atoms with Crippen LogP contribution in [0.5, 0.6) is 5.75 Å². The van der Waals surface area contributed by atoms with Crippen molar-refractivity contribution < 1.29 is 14.3 Å². The van der Waals surface area contributed by atoms with Crippen LogP contribution in [0, 0.1) is 0 Å². The maximum absolute atomic E-state index is 11.4. The van der Waals surface area contributed by atoms with E-state index in [0.29, 0.717) is 5.75 Å². The fourth-order valence-electron chi connectivity index (χ4n) is 1.79. The highest BCUT2D eigenvalue weighted by Gasteiger charge is 2.10. The van der Waals surface area contributed by atoms with Gasteiger partial charge in [0.05, 0.1) is 7.11 Å². The summed E-state index contributed by atoms with van der Waals surface area (Å²) in [7, 11) is 1.33. The average molecular weight is 268 g/mol. The highest BCUT2D eigenvalue weighted by atomic mass is 16.6. The van der Waals surface area contributed by atoms with E-state index in [1.54, 1.807) is 13.0 Å². The molecule has 3 heteroatoms. The van der Waals surface area contributed by atoms with Crippen LogP contribution in [-0.4, -0.2) is 13.1 Å². The van der Waals surface area contributed by atoms with Gasteiger partial charge in [-0.25, -0.2) is 4.79 Å². The van der Waals surface area contributed by atoms with Crippen LogP contribution < -0.4 is 4.74 Å². The largest absolute Gasteiger partial charge is 0.463 e. The van der Waals surface area contributed by atoms with Crippen LogP contribution >= 0.6 is 0 Å². The molecule has 0 aliphatic rings. The Morgan fingerprint density at radius 3 is 2.10 bits per heavy atom. The predicted molar refractivity (Wildman–Crippen MR) is 78.3 cm³/mol. The molecule has 2 rings (SSSR count). The van der Waals surface area contributed by atoms with Gasteiger partial charge in [-0.05, 0) is 36.3 Å². The number of carbonyl (C=O) groups is 1. The maximum Gasteiger partial charge on any atom is 0.373 e. The maximum atomic E-state index is 11.4. The van der Waals surface area contributed by atoms with Crippen molar-refractivity contribution in [1.82, 2.24) is 0 Å². The molecule has 0 unspecified atom stereocenters.